The molecule has 5 nitrogen and oxygen atoms in total. The molecule has 0 N–H and O–H groups in total. The van der Waals surface area contributed by atoms with Gasteiger partial charge in [-0.2, -0.15) is 0 Å². The number of carbonyl (C=O) groups excluding carboxylic acids is 1. The van der Waals surface area contributed by atoms with E-state index in [0.717, 1.165) is 0 Å². The van der Waals surface area contributed by atoms with Crippen LogP contribution in [0.3, 0.4) is 0 Å². The van der Waals surface area contributed by atoms with Gasteiger partial charge in [0.15, 0.2) is 0 Å². The van der Waals surface area contributed by atoms with Gasteiger partial charge >= 0.3 is 5.97 Å². The van der Waals surface area contributed by atoms with Crippen LogP contribution in [0.5, 0.6) is 0 Å². The molecule has 1 aromatic rings. The van der Waals surface area contributed by atoms with Crippen LogP contribution in [0.25, 0.3) is 0 Å². The van der Waals surface area contributed by atoms with Crippen molar-refractivity contribution < 1.29 is 23.6 Å². The van der Waals surface area contributed by atoms with Crippen molar-refractivity contribution >= 4 is 14.4 Å². The van der Waals surface area contributed by atoms with Crippen LogP contribution < -0.4 is 0 Å². The molecule has 0 bridgehead atoms. The minimum Gasteiger partial charge on any atom is -0.465 e. The summed E-state index contributed by atoms with van der Waals surface area (Å²) in [5, 5.41) is 0. The van der Waals surface area contributed by atoms with E-state index in [1.807, 2.05) is 0 Å². The molecule has 1 aromatic carbocycles. The molecule has 0 atom stereocenters. The molecule has 0 aliphatic carbocycles. The first kappa shape index (κ1) is 15.8. The Bertz CT molecular complexity index is 440. The number of rotatable bonds is 7. The second kappa shape index (κ2) is 7.34. The zero-order chi connectivity index (χ0) is 14.3. The normalized spacial score (nSPS) is 11.5. The highest BCUT2D eigenvalue weighted by Crippen LogP contribution is 2.39. The minimum atomic E-state index is -1.48. The zero-order valence-electron chi connectivity index (χ0n) is 11.2. The molecule has 0 aromatic heterocycles. The average Bonchev–Trinajstić information content (AvgIpc) is 2.46. The molecule has 6 heteroatoms. The standard InChI is InChI=1S/C13H17O5P/c1-4-17-13(19-15,18-5-2)11-9-7-6-8-10(11)12(14)16-3/h6-9H,4-5H2,1-3H3. The van der Waals surface area contributed by atoms with E-state index in [9.17, 15) is 9.36 Å². The van der Waals surface area contributed by atoms with Gasteiger partial charge in [-0.15, -0.1) is 0 Å². The van der Waals surface area contributed by atoms with Crippen LogP contribution in [0.15, 0.2) is 24.3 Å². The SMILES string of the molecule is CCOC(OCC)(P=O)c1ccccc1C(=O)OC. The number of hydrogen-bond donors (Lipinski definition) is 0. The third-order valence-electron chi connectivity index (χ3n) is 2.47. The van der Waals surface area contributed by atoms with Gasteiger partial charge in [0, 0.05) is 18.8 Å². The van der Waals surface area contributed by atoms with Crippen molar-refractivity contribution in [1.82, 2.24) is 0 Å². The molecular weight excluding hydrogens is 267 g/mol. The Kier molecular flexibility index (Phi) is 6.09. The molecule has 1 rings (SSSR count). The molecule has 0 saturated carbocycles. The molecule has 104 valence electrons. The first-order valence-electron chi connectivity index (χ1n) is 5.95. The first-order chi connectivity index (χ1) is 9.15. The molecular formula is C13H17O5P. The smallest absolute Gasteiger partial charge is 0.338 e. The van der Waals surface area contributed by atoms with Gasteiger partial charge in [0.1, 0.15) is 0 Å². The Hall–Kier alpha value is -1.29. The molecule has 0 unspecified atom stereocenters. The summed E-state index contributed by atoms with van der Waals surface area (Å²) < 4.78 is 27.3. The van der Waals surface area contributed by atoms with E-state index in [2.05, 4.69) is 0 Å². The lowest BCUT2D eigenvalue weighted by Crippen LogP contribution is -2.29. The second-order valence-electron chi connectivity index (χ2n) is 3.58. The van der Waals surface area contributed by atoms with Crippen molar-refractivity contribution in [3.63, 3.8) is 0 Å². The summed E-state index contributed by atoms with van der Waals surface area (Å²) in [6.07, 6.45) is 0. The maximum atomic E-state index is 11.8. The zero-order valence-corrected chi connectivity index (χ0v) is 12.1. The van der Waals surface area contributed by atoms with Gasteiger partial charge in [-0.05, 0) is 19.9 Å². The predicted molar refractivity (Wildman–Crippen MR) is 70.3 cm³/mol. The van der Waals surface area contributed by atoms with E-state index in [0.29, 0.717) is 18.8 Å². The number of hydrogen-bond acceptors (Lipinski definition) is 5. The van der Waals surface area contributed by atoms with Crippen molar-refractivity contribution in [2.45, 2.75) is 19.4 Å². The minimum absolute atomic E-state index is 0.273. The Balaban J connectivity index is 3.36. The van der Waals surface area contributed by atoms with Gasteiger partial charge in [0.2, 0.25) is 8.46 Å². The monoisotopic (exact) mass is 284 g/mol. The lowest BCUT2D eigenvalue weighted by atomic mass is 10.1. The van der Waals surface area contributed by atoms with Crippen LogP contribution in [0.1, 0.15) is 29.8 Å². The summed E-state index contributed by atoms with van der Waals surface area (Å²) >= 11 is 0. The lowest BCUT2D eigenvalue weighted by Gasteiger charge is -2.28. The van der Waals surface area contributed by atoms with Gasteiger partial charge in [0.25, 0.3) is 5.53 Å². The highest BCUT2D eigenvalue weighted by atomic mass is 31.1. The summed E-state index contributed by atoms with van der Waals surface area (Å²) in [5.74, 6) is -0.525. The molecule has 0 aliphatic rings. The summed E-state index contributed by atoms with van der Waals surface area (Å²) in [6, 6.07) is 6.64. The van der Waals surface area contributed by atoms with Crippen molar-refractivity contribution in [1.29, 1.82) is 0 Å². The van der Waals surface area contributed by atoms with Crippen molar-refractivity contribution in [3.8, 4) is 0 Å². The van der Waals surface area contributed by atoms with Gasteiger partial charge in [-0.3, -0.25) is 4.57 Å². The molecule has 0 heterocycles. The lowest BCUT2D eigenvalue weighted by molar-refractivity contribution is -0.177. The molecule has 0 amide bonds. The summed E-state index contributed by atoms with van der Waals surface area (Å²) in [6.45, 7) is 4.12. The van der Waals surface area contributed by atoms with Crippen LogP contribution in [0.4, 0.5) is 0 Å². The fourth-order valence-corrected chi connectivity index (χ4v) is 2.39. The van der Waals surface area contributed by atoms with Crippen molar-refractivity contribution in [2.24, 2.45) is 0 Å². The van der Waals surface area contributed by atoms with Gasteiger partial charge in [-0.25, -0.2) is 4.79 Å². The number of benzene rings is 1. The van der Waals surface area contributed by atoms with Gasteiger partial charge in [-0.1, -0.05) is 18.2 Å². The Labute approximate surface area is 114 Å². The Morgan fingerprint density at radius 3 is 2.26 bits per heavy atom. The van der Waals surface area contributed by atoms with Crippen molar-refractivity contribution in [2.75, 3.05) is 20.3 Å². The molecule has 0 aliphatic heterocycles. The van der Waals surface area contributed by atoms with E-state index in [4.69, 9.17) is 14.2 Å². The summed E-state index contributed by atoms with van der Waals surface area (Å²) in [7, 11) is 0.918. The maximum absolute atomic E-state index is 11.8. The summed E-state index contributed by atoms with van der Waals surface area (Å²) in [5.41, 5.74) is -0.814. The summed E-state index contributed by atoms with van der Waals surface area (Å²) in [4.78, 5) is 11.8. The van der Waals surface area contributed by atoms with E-state index >= 15 is 0 Å². The van der Waals surface area contributed by atoms with Crippen molar-refractivity contribution in [3.05, 3.63) is 35.4 Å². The number of esters is 1. The second-order valence-corrected chi connectivity index (χ2v) is 4.35. The average molecular weight is 284 g/mol. The van der Waals surface area contributed by atoms with E-state index in [1.165, 1.54) is 7.11 Å². The highest BCUT2D eigenvalue weighted by Gasteiger charge is 2.38. The van der Waals surface area contributed by atoms with Crippen LogP contribution >= 0.6 is 8.46 Å². The fourth-order valence-electron chi connectivity index (χ4n) is 1.74. The fraction of sp³-hybridized carbons (Fsp3) is 0.462. The molecule has 19 heavy (non-hydrogen) atoms. The molecule has 0 saturated heterocycles. The van der Waals surface area contributed by atoms with Crippen LogP contribution in [-0.2, 0) is 24.3 Å². The third kappa shape index (κ3) is 3.38. The van der Waals surface area contributed by atoms with Crippen LogP contribution in [-0.4, -0.2) is 26.3 Å². The van der Waals surface area contributed by atoms with Gasteiger partial charge < -0.3 is 14.2 Å². The quantitative estimate of drug-likeness (QED) is 0.437. The van der Waals surface area contributed by atoms with Gasteiger partial charge in [0.05, 0.1) is 12.7 Å². The topological polar surface area (TPSA) is 61.8 Å². The van der Waals surface area contributed by atoms with E-state index < -0.39 is 11.5 Å². The molecule has 0 fully saturated rings. The Morgan fingerprint density at radius 1 is 1.21 bits per heavy atom. The number of ether oxygens (including phenoxy) is 3. The Morgan fingerprint density at radius 2 is 1.79 bits per heavy atom. The largest absolute Gasteiger partial charge is 0.465 e. The van der Waals surface area contributed by atoms with E-state index in [1.54, 1.807) is 38.1 Å². The third-order valence-corrected chi connectivity index (χ3v) is 3.21. The first-order valence-corrected chi connectivity index (χ1v) is 6.76. The predicted octanol–water partition coefficient (Wildman–Crippen LogP) is 2.95. The van der Waals surface area contributed by atoms with Crippen LogP contribution in [0, 0.1) is 0 Å². The van der Waals surface area contributed by atoms with E-state index in [-0.39, 0.29) is 14.0 Å². The van der Waals surface area contributed by atoms with Crippen LogP contribution in [0.2, 0.25) is 0 Å². The molecule has 0 radical (unpaired) electrons. The highest BCUT2D eigenvalue weighted by molar-refractivity contribution is 7.24. The number of carbonyl (C=O) groups is 1. The maximum Gasteiger partial charge on any atom is 0.338 e. The number of methoxy groups -OCH3 is 1. The molecule has 0 spiro atoms.